The molecule has 0 aliphatic carbocycles. The molecule has 0 aromatic heterocycles. The maximum Gasteiger partial charge on any atom is 0.0205 e. The Morgan fingerprint density at radius 2 is 2.29 bits per heavy atom. The van der Waals surface area contributed by atoms with E-state index in [2.05, 4.69) is 41.3 Å². The first-order chi connectivity index (χ1) is 6.92. The van der Waals surface area contributed by atoms with Crippen LogP contribution >= 0.6 is 11.8 Å². The van der Waals surface area contributed by atoms with Gasteiger partial charge in [-0.1, -0.05) is 24.3 Å². The Morgan fingerprint density at radius 1 is 1.43 bits per heavy atom. The quantitative estimate of drug-likeness (QED) is 0.817. The summed E-state index contributed by atoms with van der Waals surface area (Å²) in [5.74, 6) is 3.43. The standard InChI is InChI=1S/C12H17NS/c1-13-8-10-4-2-3-5-12(10)11-6-7-14-9-11/h2-5,11,13H,6-9H2,1H3. The second-order valence-corrected chi connectivity index (χ2v) is 4.94. The molecule has 2 heteroatoms. The summed E-state index contributed by atoms with van der Waals surface area (Å²) in [6.45, 7) is 0.997. The van der Waals surface area contributed by atoms with Crippen molar-refractivity contribution in [1.29, 1.82) is 0 Å². The summed E-state index contributed by atoms with van der Waals surface area (Å²) in [5, 5.41) is 3.24. The van der Waals surface area contributed by atoms with Crippen LogP contribution < -0.4 is 5.32 Å². The molecule has 14 heavy (non-hydrogen) atoms. The minimum atomic E-state index is 0.796. The summed E-state index contributed by atoms with van der Waals surface area (Å²) in [5.41, 5.74) is 3.04. The zero-order valence-electron chi connectivity index (χ0n) is 8.62. The summed E-state index contributed by atoms with van der Waals surface area (Å²) >= 11 is 2.08. The Bertz CT molecular complexity index is 292. The molecule has 76 valence electrons. The van der Waals surface area contributed by atoms with Crippen LogP contribution in [0.1, 0.15) is 23.5 Å². The Hall–Kier alpha value is -0.470. The highest BCUT2D eigenvalue weighted by molar-refractivity contribution is 7.99. The van der Waals surface area contributed by atoms with Gasteiger partial charge in [-0.15, -0.1) is 0 Å². The van der Waals surface area contributed by atoms with Crippen molar-refractivity contribution in [2.75, 3.05) is 18.6 Å². The molecule has 1 nitrogen and oxygen atoms in total. The highest BCUT2D eigenvalue weighted by atomic mass is 32.2. The van der Waals surface area contributed by atoms with E-state index < -0.39 is 0 Å². The number of rotatable bonds is 3. The Labute approximate surface area is 90.3 Å². The third-order valence-electron chi connectivity index (χ3n) is 2.79. The van der Waals surface area contributed by atoms with Gasteiger partial charge in [0.25, 0.3) is 0 Å². The minimum Gasteiger partial charge on any atom is -0.316 e. The molecule has 1 aliphatic heterocycles. The third kappa shape index (κ3) is 2.12. The van der Waals surface area contributed by atoms with Crippen molar-refractivity contribution in [1.82, 2.24) is 5.32 Å². The van der Waals surface area contributed by atoms with Crippen LogP contribution in [-0.2, 0) is 6.54 Å². The lowest BCUT2D eigenvalue weighted by Gasteiger charge is -2.14. The lowest BCUT2D eigenvalue weighted by atomic mass is 9.94. The first-order valence-corrected chi connectivity index (χ1v) is 6.37. The van der Waals surface area contributed by atoms with Crippen LogP contribution in [-0.4, -0.2) is 18.6 Å². The van der Waals surface area contributed by atoms with Gasteiger partial charge in [-0.05, 0) is 36.3 Å². The first kappa shape index (κ1) is 10.1. The predicted octanol–water partition coefficient (Wildman–Crippen LogP) is 2.63. The number of benzene rings is 1. The fourth-order valence-electron chi connectivity index (χ4n) is 2.06. The molecule has 1 aromatic carbocycles. The topological polar surface area (TPSA) is 12.0 Å². The maximum atomic E-state index is 3.24. The number of nitrogens with one attached hydrogen (secondary N) is 1. The van der Waals surface area contributed by atoms with Crippen molar-refractivity contribution in [3.05, 3.63) is 35.4 Å². The van der Waals surface area contributed by atoms with Crippen molar-refractivity contribution in [3.8, 4) is 0 Å². The number of thioether (sulfide) groups is 1. The molecule has 1 aromatic rings. The van der Waals surface area contributed by atoms with E-state index in [1.54, 1.807) is 5.56 Å². The summed E-state index contributed by atoms with van der Waals surface area (Å²) in [4.78, 5) is 0. The van der Waals surface area contributed by atoms with Crippen LogP contribution in [0.5, 0.6) is 0 Å². The van der Waals surface area contributed by atoms with Crippen molar-refractivity contribution >= 4 is 11.8 Å². The predicted molar refractivity (Wildman–Crippen MR) is 63.9 cm³/mol. The van der Waals surface area contributed by atoms with E-state index in [0.29, 0.717) is 0 Å². The lowest BCUT2D eigenvalue weighted by Crippen LogP contribution is -2.09. The Morgan fingerprint density at radius 3 is 3.00 bits per heavy atom. The average molecular weight is 207 g/mol. The summed E-state index contributed by atoms with van der Waals surface area (Å²) < 4.78 is 0. The monoisotopic (exact) mass is 207 g/mol. The fraction of sp³-hybridized carbons (Fsp3) is 0.500. The summed E-state index contributed by atoms with van der Waals surface area (Å²) in [7, 11) is 2.01. The molecular weight excluding hydrogens is 190 g/mol. The average Bonchev–Trinajstić information content (AvgIpc) is 2.72. The van der Waals surface area contributed by atoms with E-state index in [1.165, 1.54) is 23.5 Å². The van der Waals surface area contributed by atoms with E-state index in [9.17, 15) is 0 Å². The third-order valence-corrected chi connectivity index (χ3v) is 3.95. The molecule has 0 spiro atoms. The van der Waals surface area contributed by atoms with Gasteiger partial charge in [-0.3, -0.25) is 0 Å². The van der Waals surface area contributed by atoms with E-state index in [1.807, 2.05) is 7.05 Å². The highest BCUT2D eigenvalue weighted by Crippen LogP contribution is 2.33. The van der Waals surface area contributed by atoms with Crippen molar-refractivity contribution in [3.63, 3.8) is 0 Å². The van der Waals surface area contributed by atoms with Gasteiger partial charge in [0.2, 0.25) is 0 Å². The fourth-order valence-corrected chi connectivity index (χ4v) is 3.31. The number of hydrogen-bond donors (Lipinski definition) is 1. The zero-order valence-corrected chi connectivity index (χ0v) is 9.44. The molecule has 0 amide bonds. The van der Waals surface area contributed by atoms with Crippen LogP contribution in [0.25, 0.3) is 0 Å². The molecule has 1 saturated heterocycles. The first-order valence-electron chi connectivity index (χ1n) is 5.22. The van der Waals surface area contributed by atoms with E-state index in [0.717, 1.165) is 12.5 Å². The molecule has 2 rings (SSSR count). The van der Waals surface area contributed by atoms with Crippen LogP contribution in [0.4, 0.5) is 0 Å². The van der Waals surface area contributed by atoms with Gasteiger partial charge in [0.1, 0.15) is 0 Å². The Balaban J connectivity index is 2.21. The van der Waals surface area contributed by atoms with Crippen LogP contribution in [0.15, 0.2) is 24.3 Å². The molecule has 1 N–H and O–H groups in total. The highest BCUT2D eigenvalue weighted by Gasteiger charge is 2.19. The lowest BCUT2D eigenvalue weighted by molar-refractivity contribution is 0.741. The van der Waals surface area contributed by atoms with E-state index >= 15 is 0 Å². The van der Waals surface area contributed by atoms with Gasteiger partial charge in [-0.2, -0.15) is 11.8 Å². The summed E-state index contributed by atoms with van der Waals surface area (Å²) in [6, 6.07) is 8.84. The molecule has 1 fully saturated rings. The second-order valence-electron chi connectivity index (χ2n) is 3.79. The van der Waals surface area contributed by atoms with E-state index in [-0.39, 0.29) is 0 Å². The molecular formula is C12H17NS. The maximum absolute atomic E-state index is 3.24. The smallest absolute Gasteiger partial charge is 0.0205 e. The minimum absolute atomic E-state index is 0.796. The largest absolute Gasteiger partial charge is 0.316 e. The van der Waals surface area contributed by atoms with Crippen LogP contribution in [0.3, 0.4) is 0 Å². The summed E-state index contributed by atoms with van der Waals surface area (Å²) in [6.07, 6.45) is 1.35. The molecule has 1 atom stereocenters. The molecule has 0 saturated carbocycles. The van der Waals surface area contributed by atoms with E-state index in [4.69, 9.17) is 0 Å². The van der Waals surface area contributed by atoms with Gasteiger partial charge in [-0.25, -0.2) is 0 Å². The zero-order chi connectivity index (χ0) is 9.80. The van der Waals surface area contributed by atoms with Crippen LogP contribution in [0, 0.1) is 0 Å². The molecule has 1 aliphatic rings. The van der Waals surface area contributed by atoms with Crippen molar-refractivity contribution in [2.45, 2.75) is 18.9 Å². The molecule has 1 heterocycles. The van der Waals surface area contributed by atoms with Gasteiger partial charge in [0, 0.05) is 12.3 Å². The Kier molecular flexibility index (Phi) is 3.49. The van der Waals surface area contributed by atoms with Crippen molar-refractivity contribution in [2.24, 2.45) is 0 Å². The molecule has 0 radical (unpaired) electrons. The van der Waals surface area contributed by atoms with Gasteiger partial charge < -0.3 is 5.32 Å². The molecule has 1 unspecified atom stereocenters. The molecule has 0 bridgehead atoms. The van der Waals surface area contributed by atoms with Gasteiger partial charge in [0.15, 0.2) is 0 Å². The van der Waals surface area contributed by atoms with Crippen LogP contribution in [0.2, 0.25) is 0 Å². The van der Waals surface area contributed by atoms with Gasteiger partial charge >= 0.3 is 0 Å². The van der Waals surface area contributed by atoms with Gasteiger partial charge in [0.05, 0.1) is 0 Å². The van der Waals surface area contributed by atoms with Crippen molar-refractivity contribution < 1.29 is 0 Å². The number of hydrogen-bond acceptors (Lipinski definition) is 2. The SMILES string of the molecule is CNCc1ccccc1C1CCSC1. The normalized spacial score (nSPS) is 21.4. The second kappa shape index (κ2) is 4.85.